The zero-order valence-corrected chi connectivity index (χ0v) is 11.5. The predicted molar refractivity (Wildman–Crippen MR) is 75.9 cm³/mol. The van der Waals surface area contributed by atoms with Gasteiger partial charge in [-0.05, 0) is 24.5 Å². The molecule has 2 aromatic rings. The average Bonchev–Trinajstić information content (AvgIpc) is 2.91. The summed E-state index contributed by atoms with van der Waals surface area (Å²) in [6, 6.07) is 1.94. The van der Waals surface area contributed by atoms with Crippen LogP contribution in [0.5, 0.6) is 0 Å². The van der Waals surface area contributed by atoms with Crippen molar-refractivity contribution in [2.75, 3.05) is 11.9 Å². The van der Waals surface area contributed by atoms with Crippen molar-refractivity contribution in [2.45, 2.75) is 26.8 Å². The summed E-state index contributed by atoms with van der Waals surface area (Å²) in [5.74, 6) is 0.861. The zero-order valence-electron chi connectivity index (χ0n) is 11.5. The summed E-state index contributed by atoms with van der Waals surface area (Å²) in [4.78, 5) is 11.8. The highest BCUT2D eigenvalue weighted by Gasteiger charge is 2.14. The predicted octanol–water partition coefficient (Wildman–Crippen LogP) is 2.21. The molecule has 0 fully saturated rings. The summed E-state index contributed by atoms with van der Waals surface area (Å²) in [6.07, 6.45) is 5.58. The lowest BCUT2D eigenvalue weighted by atomic mass is 10.1. The van der Waals surface area contributed by atoms with E-state index in [1.165, 1.54) is 0 Å². The van der Waals surface area contributed by atoms with Crippen LogP contribution in [0, 0.1) is 12.8 Å². The minimum atomic E-state index is -0.0400. The molecule has 1 atom stereocenters. The average molecular weight is 260 g/mol. The Bertz CT molecular complexity index is 522. The summed E-state index contributed by atoms with van der Waals surface area (Å²) >= 11 is 0. The first-order valence-electron chi connectivity index (χ1n) is 6.46. The van der Waals surface area contributed by atoms with Gasteiger partial charge in [-0.15, -0.1) is 0 Å². The second-order valence-electron chi connectivity index (χ2n) is 5.00. The maximum atomic E-state index is 9.34. The Morgan fingerprint density at radius 1 is 1.42 bits per heavy atom. The molecule has 0 saturated heterocycles. The Balaban J connectivity index is 2.26. The van der Waals surface area contributed by atoms with E-state index in [1.54, 1.807) is 6.20 Å². The molecular formula is C14H20N4O. The second-order valence-corrected chi connectivity index (χ2v) is 5.00. The minimum absolute atomic E-state index is 0.0400. The summed E-state index contributed by atoms with van der Waals surface area (Å²) in [5.41, 5.74) is 2.96. The van der Waals surface area contributed by atoms with Gasteiger partial charge in [0, 0.05) is 24.2 Å². The number of aromatic amines is 1. The van der Waals surface area contributed by atoms with Crippen molar-refractivity contribution in [1.29, 1.82) is 0 Å². The van der Waals surface area contributed by atoms with Crippen LogP contribution in [0.25, 0.3) is 11.3 Å². The number of nitrogens with zero attached hydrogens (tertiary/aromatic N) is 2. The van der Waals surface area contributed by atoms with Crippen molar-refractivity contribution >= 4 is 5.95 Å². The van der Waals surface area contributed by atoms with E-state index >= 15 is 0 Å². The molecule has 2 rings (SSSR count). The quantitative estimate of drug-likeness (QED) is 0.770. The van der Waals surface area contributed by atoms with Crippen LogP contribution in [-0.4, -0.2) is 32.7 Å². The highest BCUT2D eigenvalue weighted by atomic mass is 16.3. The number of aliphatic hydroxyl groups is 1. The molecule has 1 unspecified atom stereocenters. The number of rotatable bonds is 5. The number of H-pyrrole nitrogens is 1. The van der Waals surface area contributed by atoms with E-state index < -0.39 is 0 Å². The minimum Gasteiger partial charge on any atom is -0.394 e. The van der Waals surface area contributed by atoms with Crippen molar-refractivity contribution in [3.8, 4) is 11.3 Å². The number of hydrogen-bond donors (Lipinski definition) is 3. The molecule has 19 heavy (non-hydrogen) atoms. The van der Waals surface area contributed by atoms with Gasteiger partial charge in [0.2, 0.25) is 5.95 Å². The number of aliphatic hydroxyl groups excluding tert-OH is 1. The van der Waals surface area contributed by atoms with Crippen LogP contribution < -0.4 is 5.32 Å². The SMILES string of the molecule is Cc1cnc(NC(CO)C(C)C)nc1-c1cc[nH]c1. The van der Waals surface area contributed by atoms with Crippen molar-refractivity contribution in [3.63, 3.8) is 0 Å². The first-order valence-corrected chi connectivity index (χ1v) is 6.46. The van der Waals surface area contributed by atoms with Crippen LogP contribution in [0.4, 0.5) is 5.95 Å². The van der Waals surface area contributed by atoms with Gasteiger partial charge in [-0.3, -0.25) is 0 Å². The molecule has 3 N–H and O–H groups in total. The molecule has 0 aliphatic carbocycles. The van der Waals surface area contributed by atoms with Crippen LogP contribution in [-0.2, 0) is 0 Å². The van der Waals surface area contributed by atoms with Gasteiger partial charge in [-0.25, -0.2) is 9.97 Å². The molecule has 5 heteroatoms. The van der Waals surface area contributed by atoms with Gasteiger partial charge in [0.15, 0.2) is 0 Å². The lowest BCUT2D eigenvalue weighted by molar-refractivity contribution is 0.248. The van der Waals surface area contributed by atoms with Crippen LogP contribution in [0.1, 0.15) is 19.4 Å². The summed E-state index contributed by atoms with van der Waals surface area (Å²) in [5, 5.41) is 12.5. The number of hydrogen-bond acceptors (Lipinski definition) is 4. The van der Waals surface area contributed by atoms with Gasteiger partial charge in [-0.1, -0.05) is 13.8 Å². The second kappa shape index (κ2) is 5.84. The number of aromatic nitrogens is 3. The van der Waals surface area contributed by atoms with Gasteiger partial charge in [0.1, 0.15) is 0 Å². The van der Waals surface area contributed by atoms with Crippen LogP contribution >= 0.6 is 0 Å². The van der Waals surface area contributed by atoms with E-state index in [0.29, 0.717) is 11.9 Å². The molecule has 2 heterocycles. The highest BCUT2D eigenvalue weighted by Crippen LogP contribution is 2.21. The largest absolute Gasteiger partial charge is 0.394 e. The van der Waals surface area contributed by atoms with Gasteiger partial charge < -0.3 is 15.4 Å². The zero-order chi connectivity index (χ0) is 13.8. The van der Waals surface area contributed by atoms with Gasteiger partial charge in [0.25, 0.3) is 0 Å². The molecule has 2 aromatic heterocycles. The lowest BCUT2D eigenvalue weighted by Gasteiger charge is -2.20. The number of anilines is 1. The van der Waals surface area contributed by atoms with E-state index in [2.05, 4.69) is 34.1 Å². The molecule has 5 nitrogen and oxygen atoms in total. The molecule has 102 valence electrons. The molecule has 0 aromatic carbocycles. The van der Waals surface area contributed by atoms with Gasteiger partial charge >= 0.3 is 0 Å². The fourth-order valence-electron chi connectivity index (χ4n) is 1.86. The third-order valence-corrected chi connectivity index (χ3v) is 3.16. The third-order valence-electron chi connectivity index (χ3n) is 3.16. The first kappa shape index (κ1) is 13.5. The maximum absolute atomic E-state index is 9.34. The van der Waals surface area contributed by atoms with Crippen molar-refractivity contribution < 1.29 is 5.11 Å². The Morgan fingerprint density at radius 2 is 2.21 bits per heavy atom. The highest BCUT2D eigenvalue weighted by molar-refractivity contribution is 5.62. The fraction of sp³-hybridized carbons (Fsp3) is 0.429. The summed E-state index contributed by atoms with van der Waals surface area (Å²) < 4.78 is 0. The first-order chi connectivity index (χ1) is 9.11. The summed E-state index contributed by atoms with van der Waals surface area (Å²) in [6.45, 7) is 6.15. The molecule has 0 bridgehead atoms. The Kier molecular flexibility index (Phi) is 4.16. The normalized spacial score (nSPS) is 12.7. The smallest absolute Gasteiger partial charge is 0.223 e. The molecule has 0 radical (unpaired) electrons. The lowest BCUT2D eigenvalue weighted by Crippen LogP contribution is -2.30. The van der Waals surface area contributed by atoms with Crippen molar-refractivity contribution in [1.82, 2.24) is 15.0 Å². The van der Waals surface area contributed by atoms with Crippen molar-refractivity contribution in [3.05, 3.63) is 30.2 Å². The molecule has 0 aliphatic heterocycles. The van der Waals surface area contributed by atoms with Crippen LogP contribution in [0.2, 0.25) is 0 Å². The summed E-state index contributed by atoms with van der Waals surface area (Å²) in [7, 11) is 0. The van der Waals surface area contributed by atoms with Crippen LogP contribution in [0.15, 0.2) is 24.7 Å². The third kappa shape index (κ3) is 3.12. The van der Waals surface area contributed by atoms with E-state index in [9.17, 15) is 5.11 Å². The maximum Gasteiger partial charge on any atom is 0.223 e. The Morgan fingerprint density at radius 3 is 2.79 bits per heavy atom. The standard InChI is InChI=1S/C14H20N4O/c1-9(2)12(8-19)17-14-16-6-10(3)13(18-14)11-4-5-15-7-11/h4-7,9,12,15,19H,8H2,1-3H3,(H,16,17,18). The number of nitrogens with one attached hydrogen (secondary N) is 2. The molecular weight excluding hydrogens is 240 g/mol. The van der Waals surface area contributed by atoms with E-state index in [0.717, 1.165) is 16.8 Å². The molecule has 0 saturated carbocycles. The Hall–Kier alpha value is -1.88. The monoisotopic (exact) mass is 260 g/mol. The number of aryl methyl sites for hydroxylation is 1. The molecule has 0 spiro atoms. The van der Waals surface area contributed by atoms with E-state index in [1.807, 2.05) is 25.4 Å². The fourth-order valence-corrected chi connectivity index (χ4v) is 1.86. The van der Waals surface area contributed by atoms with Crippen molar-refractivity contribution in [2.24, 2.45) is 5.92 Å². The molecule has 0 amide bonds. The van der Waals surface area contributed by atoms with Gasteiger partial charge in [-0.2, -0.15) is 0 Å². The topological polar surface area (TPSA) is 73.8 Å². The van der Waals surface area contributed by atoms with E-state index in [-0.39, 0.29) is 12.6 Å². The Labute approximate surface area is 113 Å². The molecule has 0 aliphatic rings. The van der Waals surface area contributed by atoms with Gasteiger partial charge in [0.05, 0.1) is 18.3 Å². The van der Waals surface area contributed by atoms with E-state index in [4.69, 9.17) is 0 Å². The van der Waals surface area contributed by atoms with Crippen LogP contribution in [0.3, 0.4) is 0 Å².